The molecule has 0 atom stereocenters. The van der Waals surface area contributed by atoms with E-state index in [1.54, 1.807) is 19.1 Å². The van der Waals surface area contributed by atoms with Crippen molar-refractivity contribution in [2.45, 2.75) is 20.8 Å². The van der Waals surface area contributed by atoms with Gasteiger partial charge in [-0.25, -0.2) is 0 Å². The molecule has 25 heavy (non-hydrogen) atoms. The number of thiophene rings is 1. The summed E-state index contributed by atoms with van der Waals surface area (Å²) >= 11 is 1.31. The predicted octanol–water partition coefficient (Wildman–Crippen LogP) is 3.86. The summed E-state index contributed by atoms with van der Waals surface area (Å²) in [5.41, 5.74) is 7.06. The van der Waals surface area contributed by atoms with Crippen LogP contribution in [0.15, 0.2) is 28.7 Å². The quantitative estimate of drug-likeness (QED) is 0.724. The smallest absolute Gasteiger partial charge is 0.292 e. The zero-order valence-electron chi connectivity index (χ0n) is 14.1. The third-order valence-electron chi connectivity index (χ3n) is 3.89. The number of rotatable bonds is 5. The molecule has 6 nitrogen and oxygen atoms in total. The molecule has 7 heteroatoms. The average molecular weight is 358 g/mol. The van der Waals surface area contributed by atoms with E-state index in [2.05, 4.69) is 5.32 Å². The lowest BCUT2D eigenvalue weighted by Crippen LogP contribution is -2.17. The maximum atomic E-state index is 12.6. The van der Waals surface area contributed by atoms with Gasteiger partial charge in [-0.3, -0.25) is 9.59 Å². The number of para-hydroxylation sites is 1. The molecule has 3 rings (SSSR count). The molecule has 0 aliphatic rings. The second-order valence-electron chi connectivity index (χ2n) is 5.52. The summed E-state index contributed by atoms with van der Waals surface area (Å²) in [7, 11) is 0. The lowest BCUT2D eigenvalue weighted by atomic mass is 10.1. The Hall–Kier alpha value is -2.80. The van der Waals surface area contributed by atoms with E-state index >= 15 is 0 Å². The van der Waals surface area contributed by atoms with Crippen molar-refractivity contribution in [3.8, 4) is 5.75 Å². The monoisotopic (exact) mass is 358 g/mol. The van der Waals surface area contributed by atoms with Crippen LogP contribution in [0.5, 0.6) is 5.75 Å². The van der Waals surface area contributed by atoms with Crippen LogP contribution in [0.2, 0.25) is 0 Å². The van der Waals surface area contributed by atoms with Gasteiger partial charge in [-0.05, 0) is 38.5 Å². The lowest BCUT2D eigenvalue weighted by molar-refractivity contribution is 0.0999. The molecule has 0 aliphatic heterocycles. The highest BCUT2D eigenvalue weighted by Gasteiger charge is 2.21. The summed E-state index contributed by atoms with van der Waals surface area (Å²) in [6.07, 6.45) is 0. The maximum Gasteiger partial charge on any atom is 0.292 e. The van der Waals surface area contributed by atoms with E-state index in [1.807, 2.05) is 26.0 Å². The molecule has 3 N–H and O–H groups in total. The Morgan fingerprint density at radius 3 is 2.76 bits per heavy atom. The normalized spacial score (nSPS) is 10.8. The molecule has 130 valence electrons. The first-order valence-corrected chi connectivity index (χ1v) is 8.60. The standard InChI is InChI=1S/C18H18N2O4S/c1-4-23-12-7-5-6-11-8-13(24-15(11)12)17(22)20-18-14(16(19)21)9(2)10(3)25-18/h5-8H,4H2,1-3H3,(H2,19,21)(H,20,22). The van der Waals surface area contributed by atoms with E-state index in [4.69, 9.17) is 14.9 Å². The second kappa shape index (κ2) is 6.60. The summed E-state index contributed by atoms with van der Waals surface area (Å²) in [4.78, 5) is 25.1. The predicted molar refractivity (Wildman–Crippen MR) is 97.6 cm³/mol. The molecular weight excluding hydrogens is 340 g/mol. The number of amides is 2. The SMILES string of the molecule is CCOc1cccc2cc(C(=O)Nc3sc(C)c(C)c3C(N)=O)oc12. The molecule has 2 heterocycles. The minimum atomic E-state index is -0.569. The number of ether oxygens (including phenoxy) is 1. The Bertz CT molecular complexity index is 971. The highest BCUT2D eigenvalue weighted by atomic mass is 32.1. The van der Waals surface area contributed by atoms with Gasteiger partial charge in [0.25, 0.3) is 11.8 Å². The molecule has 0 aliphatic carbocycles. The molecule has 0 saturated carbocycles. The Morgan fingerprint density at radius 2 is 2.08 bits per heavy atom. The molecular formula is C18H18N2O4S. The van der Waals surface area contributed by atoms with Gasteiger partial charge in [-0.15, -0.1) is 11.3 Å². The molecule has 0 bridgehead atoms. The van der Waals surface area contributed by atoms with E-state index in [0.717, 1.165) is 15.8 Å². The van der Waals surface area contributed by atoms with Gasteiger partial charge in [0.2, 0.25) is 0 Å². The highest BCUT2D eigenvalue weighted by molar-refractivity contribution is 7.16. The summed E-state index contributed by atoms with van der Waals surface area (Å²) in [6, 6.07) is 7.10. The maximum absolute atomic E-state index is 12.6. The van der Waals surface area contributed by atoms with Gasteiger partial charge in [0.05, 0.1) is 12.2 Å². The number of aryl methyl sites for hydroxylation is 1. The summed E-state index contributed by atoms with van der Waals surface area (Å²) in [5, 5.41) is 3.92. The number of benzene rings is 1. The van der Waals surface area contributed by atoms with Crippen LogP contribution in [0.4, 0.5) is 5.00 Å². The van der Waals surface area contributed by atoms with Crippen LogP contribution in [-0.2, 0) is 0 Å². The van der Waals surface area contributed by atoms with Gasteiger partial charge in [-0.1, -0.05) is 12.1 Å². The fourth-order valence-electron chi connectivity index (χ4n) is 2.59. The number of carbonyl (C=O) groups excluding carboxylic acids is 2. The van der Waals surface area contributed by atoms with E-state index in [9.17, 15) is 9.59 Å². The summed E-state index contributed by atoms with van der Waals surface area (Å²) < 4.78 is 11.2. The Balaban J connectivity index is 1.95. The van der Waals surface area contributed by atoms with Crippen LogP contribution in [0.25, 0.3) is 11.0 Å². The van der Waals surface area contributed by atoms with Crippen LogP contribution in [-0.4, -0.2) is 18.4 Å². The van der Waals surface area contributed by atoms with Crippen molar-refractivity contribution in [1.82, 2.24) is 0 Å². The first-order valence-electron chi connectivity index (χ1n) is 7.78. The number of anilines is 1. The zero-order chi connectivity index (χ0) is 18.1. The molecule has 0 unspecified atom stereocenters. The average Bonchev–Trinajstić information content (AvgIpc) is 3.10. The number of hydrogen-bond donors (Lipinski definition) is 2. The van der Waals surface area contributed by atoms with Gasteiger partial charge in [0, 0.05) is 10.3 Å². The van der Waals surface area contributed by atoms with Crippen molar-refractivity contribution in [1.29, 1.82) is 0 Å². The number of fused-ring (bicyclic) bond motifs is 1. The summed E-state index contributed by atoms with van der Waals surface area (Å²) in [6.45, 7) is 6.05. The van der Waals surface area contributed by atoms with Crippen molar-refractivity contribution in [3.63, 3.8) is 0 Å². The van der Waals surface area contributed by atoms with Gasteiger partial charge >= 0.3 is 0 Å². The van der Waals surface area contributed by atoms with E-state index in [1.165, 1.54) is 11.3 Å². The molecule has 0 radical (unpaired) electrons. The second-order valence-corrected chi connectivity index (χ2v) is 6.75. The molecule has 1 aromatic carbocycles. The fraction of sp³-hybridized carbons (Fsp3) is 0.222. The minimum absolute atomic E-state index is 0.140. The third kappa shape index (κ3) is 3.10. The Kier molecular flexibility index (Phi) is 4.50. The van der Waals surface area contributed by atoms with Crippen molar-refractivity contribution in [2.24, 2.45) is 5.73 Å². The van der Waals surface area contributed by atoms with E-state index in [-0.39, 0.29) is 5.76 Å². The van der Waals surface area contributed by atoms with Crippen molar-refractivity contribution in [2.75, 3.05) is 11.9 Å². The van der Waals surface area contributed by atoms with Crippen LogP contribution < -0.4 is 15.8 Å². The Labute approximate surface area is 148 Å². The number of carbonyl (C=O) groups is 2. The zero-order valence-corrected chi connectivity index (χ0v) is 15.0. The van der Waals surface area contributed by atoms with E-state index < -0.39 is 11.8 Å². The molecule has 3 aromatic rings. The van der Waals surface area contributed by atoms with Gasteiger partial charge < -0.3 is 20.2 Å². The third-order valence-corrected chi connectivity index (χ3v) is 5.01. The van der Waals surface area contributed by atoms with Crippen molar-refractivity contribution < 1.29 is 18.7 Å². The topological polar surface area (TPSA) is 94.6 Å². The molecule has 0 fully saturated rings. The number of nitrogens with two attached hydrogens (primary N) is 1. The number of primary amides is 1. The fourth-order valence-corrected chi connectivity index (χ4v) is 3.65. The van der Waals surface area contributed by atoms with Crippen LogP contribution in [0, 0.1) is 13.8 Å². The van der Waals surface area contributed by atoms with Gasteiger partial charge in [0.15, 0.2) is 17.1 Å². The van der Waals surface area contributed by atoms with Gasteiger partial charge in [0.1, 0.15) is 5.00 Å². The summed E-state index contributed by atoms with van der Waals surface area (Å²) in [5.74, 6) is -0.288. The lowest BCUT2D eigenvalue weighted by Gasteiger charge is -2.03. The number of furan rings is 1. The highest BCUT2D eigenvalue weighted by Crippen LogP contribution is 2.33. The van der Waals surface area contributed by atoms with Crippen molar-refractivity contribution >= 4 is 39.1 Å². The first kappa shape index (κ1) is 17.0. The van der Waals surface area contributed by atoms with Crippen molar-refractivity contribution in [3.05, 3.63) is 46.0 Å². The van der Waals surface area contributed by atoms with E-state index in [0.29, 0.717) is 28.5 Å². The number of nitrogens with one attached hydrogen (secondary N) is 1. The largest absolute Gasteiger partial charge is 0.490 e. The molecule has 0 spiro atoms. The van der Waals surface area contributed by atoms with Gasteiger partial charge in [-0.2, -0.15) is 0 Å². The van der Waals surface area contributed by atoms with Crippen LogP contribution in [0.3, 0.4) is 0 Å². The minimum Gasteiger partial charge on any atom is -0.490 e. The molecule has 0 saturated heterocycles. The van der Waals surface area contributed by atoms with Crippen LogP contribution in [0.1, 0.15) is 38.3 Å². The first-order chi connectivity index (χ1) is 11.9. The Morgan fingerprint density at radius 1 is 1.32 bits per heavy atom. The number of hydrogen-bond acceptors (Lipinski definition) is 5. The molecule has 2 aromatic heterocycles. The molecule has 2 amide bonds. The van der Waals surface area contributed by atoms with Crippen LogP contribution >= 0.6 is 11.3 Å².